The molecule has 0 aliphatic rings. The monoisotopic (exact) mass is 330 g/mol. The highest BCUT2D eigenvalue weighted by atomic mass is 16.5. The molecule has 8 heteroatoms. The third kappa shape index (κ3) is 7.64. The molecule has 0 atom stereocenters. The number of rotatable bonds is 7. The van der Waals surface area contributed by atoms with Crippen molar-refractivity contribution >= 4 is 17.7 Å². The maximum absolute atomic E-state index is 10.3. The molecule has 2 aromatic rings. The van der Waals surface area contributed by atoms with E-state index in [4.69, 9.17) is 16.3 Å². The molecule has 2 aromatic carbocycles. The summed E-state index contributed by atoms with van der Waals surface area (Å²) >= 11 is 0. The van der Waals surface area contributed by atoms with Crippen LogP contribution in [0.2, 0.25) is 0 Å². The zero-order chi connectivity index (χ0) is 17.6. The van der Waals surface area contributed by atoms with E-state index in [1.54, 1.807) is 24.3 Å². The summed E-state index contributed by atoms with van der Waals surface area (Å²) in [6.45, 7) is 2.85. The van der Waals surface area contributed by atoms with Crippen molar-refractivity contribution in [1.82, 2.24) is 5.53 Å². The maximum atomic E-state index is 10.3. The molecule has 0 aromatic heterocycles. The van der Waals surface area contributed by atoms with Crippen molar-refractivity contribution in [3.05, 3.63) is 54.1 Å². The Balaban J connectivity index is 0.000000243. The van der Waals surface area contributed by atoms with Gasteiger partial charge in [0.25, 0.3) is 0 Å². The first-order chi connectivity index (χ1) is 11.7. The lowest BCUT2D eigenvalue weighted by Gasteiger charge is -2.03. The van der Waals surface area contributed by atoms with Crippen LogP contribution in [0.4, 0.5) is 11.4 Å². The number of anilines is 2. The molecule has 0 saturated heterocycles. The van der Waals surface area contributed by atoms with E-state index < -0.39 is 0 Å². The molecule has 0 aliphatic heterocycles. The minimum atomic E-state index is 0.617. The van der Waals surface area contributed by atoms with Crippen LogP contribution < -0.4 is 27.3 Å². The van der Waals surface area contributed by atoms with Gasteiger partial charge in [-0.25, -0.2) is 5.53 Å². The Bertz CT molecular complexity index is 613. The van der Waals surface area contributed by atoms with Gasteiger partial charge in [-0.3, -0.25) is 10.2 Å². The van der Waals surface area contributed by atoms with Crippen LogP contribution in [0.3, 0.4) is 0 Å². The standard InChI is InChI=1S/C9H13NO.C7H9N5O/c1-2-7-11-9-5-3-8(10)4-6-9;8-10-12-11-9-7-3-1-6(5-13)2-4-7/h3-6H,2,7,10H2,1H3;1-5H,(H,10,11)(H3,8,9,12). The van der Waals surface area contributed by atoms with Crippen molar-refractivity contribution in [3.63, 3.8) is 0 Å². The van der Waals surface area contributed by atoms with E-state index in [0.717, 1.165) is 36.4 Å². The zero-order valence-corrected chi connectivity index (χ0v) is 13.5. The number of benzene rings is 2. The fraction of sp³-hybridized carbons (Fsp3) is 0.188. The second-order valence-electron chi connectivity index (χ2n) is 4.61. The van der Waals surface area contributed by atoms with Crippen molar-refractivity contribution in [2.45, 2.75) is 13.3 Å². The van der Waals surface area contributed by atoms with Crippen LogP contribution in [0, 0.1) is 0 Å². The fourth-order valence-corrected chi connectivity index (χ4v) is 1.55. The van der Waals surface area contributed by atoms with Gasteiger partial charge in [-0.05, 0) is 60.2 Å². The van der Waals surface area contributed by atoms with Gasteiger partial charge < -0.3 is 16.3 Å². The SMILES string of the molecule is CCCOc1ccc(N)cc1.N/N=N\NNc1ccc(C=O)cc1. The summed E-state index contributed by atoms with van der Waals surface area (Å²) in [4.78, 5) is 10.3. The van der Waals surface area contributed by atoms with Crippen molar-refractivity contribution in [3.8, 4) is 5.75 Å². The number of nitrogens with one attached hydrogen (secondary N) is 2. The average Bonchev–Trinajstić information content (AvgIpc) is 2.63. The Morgan fingerprint density at radius 2 is 1.79 bits per heavy atom. The summed E-state index contributed by atoms with van der Waals surface area (Å²) in [6, 6.07) is 14.2. The number of aldehydes is 1. The number of nitrogens with two attached hydrogens (primary N) is 2. The average molecular weight is 330 g/mol. The highest BCUT2D eigenvalue weighted by Gasteiger charge is 1.91. The van der Waals surface area contributed by atoms with Gasteiger partial charge in [0.15, 0.2) is 0 Å². The molecule has 0 unspecified atom stereocenters. The number of ether oxygens (including phenoxy) is 1. The number of hydrazine groups is 1. The highest BCUT2D eigenvalue weighted by molar-refractivity contribution is 5.75. The lowest BCUT2D eigenvalue weighted by molar-refractivity contribution is 0.112. The number of carbonyl (C=O) groups is 1. The number of nitrogens with zero attached hydrogens (tertiary/aromatic N) is 2. The lowest BCUT2D eigenvalue weighted by atomic mass is 10.2. The molecule has 0 saturated carbocycles. The Hall–Kier alpha value is -3.29. The Labute approximate surface area is 140 Å². The molecule has 0 amide bonds. The lowest BCUT2D eigenvalue weighted by Crippen LogP contribution is -2.14. The summed E-state index contributed by atoms with van der Waals surface area (Å²) in [5, 5.41) is 6.26. The maximum Gasteiger partial charge on any atom is 0.150 e. The predicted molar refractivity (Wildman–Crippen MR) is 94.3 cm³/mol. The molecular weight excluding hydrogens is 308 g/mol. The van der Waals surface area contributed by atoms with Gasteiger partial charge in [-0.15, -0.1) is 0 Å². The third-order valence-corrected chi connectivity index (χ3v) is 2.71. The fourth-order valence-electron chi connectivity index (χ4n) is 1.55. The number of hydrogen-bond acceptors (Lipinski definition) is 6. The number of carbonyl (C=O) groups excluding carboxylic acids is 1. The molecule has 128 valence electrons. The van der Waals surface area contributed by atoms with E-state index in [2.05, 4.69) is 28.3 Å². The van der Waals surface area contributed by atoms with Crippen LogP contribution in [-0.2, 0) is 0 Å². The Kier molecular flexibility index (Phi) is 8.83. The second kappa shape index (κ2) is 11.3. The van der Waals surface area contributed by atoms with E-state index >= 15 is 0 Å². The molecule has 0 fully saturated rings. The van der Waals surface area contributed by atoms with E-state index in [0.29, 0.717) is 5.56 Å². The largest absolute Gasteiger partial charge is 0.494 e. The molecule has 0 aliphatic carbocycles. The normalized spacial score (nSPS) is 9.71. The van der Waals surface area contributed by atoms with E-state index in [1.165, 1.54) is 0 Å². The highest BCUT2D eigenvalue weighted by Crippen LogP contribution is 2.12. The van der Waals surface area contributed by atoms with Gasteiger partial charge in [0.1, 0.15) is 12.0 Å². The number of nitrogen functional groups attached to an aromatic ring is 1. The summed E-state index contributed by atoms with van der Waals surface area (Å²) in [6.07, 6.45) is 1.81. The first-order valence-corrected chi connectivity index (χ1v) is 7.34. The molecular formula is C16H22N6O2. The number of hydrogen-bond donors (Lipinski definition) is 4. The molecule has 0 bridgehead atoms. The predicted octanol–water partition coefficient (Wildman–Crippen LogP) is 2.71. The Morgan fingerprint density at radius 3 is 2.33 bits per heavy atom. The summed E-state index contributed by atoms with van der Waals surface area (Å²) < 4.78 is 5.35. The van der Waals surface area contributed by atoms with Crippen LogP contribution >= 0.6 is 0 Å². The third-order valence-electron chi connectivity index (χ3n) is 2.71. The summed E-state index contributed by atoms with van der Waals surface area (Å²) in [5.74, 6) is 5.64. The van der Waals surface area contributed by atoms with Crippen molar-refractivity contribution < 1.29 is 9.53 Å². The van der Waals surface area contributed by atoms with Crippen LogP contribution in [0.1, 0.15) is 23.7 Å². The van der Waals surface area contributed by atoms with E-state index in [1.807, 2.05) is 24.3 Å². The minimum absolute atomic E-state index is 0.617. The van der Waals surface area contributed by atoms with Crippen LogP contribution in [-0.4, -0.2) is 12.9 Å². The molecule has 2 rings (SSSR count). The molecule has 0 heterocycles. The van der Waals surface area contributed by atoms with Crippen molar-refractivity contribution in [2.24, 2.45) is 16.3 Å². The van der Waals surface area contributed by atoms with Gasteiger partial charge >= 0.3 is 0 Å². The topological polar surface area (TPSA) is 127 Å². The Morgan fingerprint density at radius 1 is 1.12 bits per heavy atom. The minimum Gasteiger partial charge on any atom is -0.494 e. The van der Waals surface area contributed by atoms with Crippen LogP contribution in [0.5, 0.6) is 5.75 Å². The summed E-state index contributed by atoms with van der Waals surface area (Å²) in [5.41, 5.74) is 12.7. The van der Waals surface area contributed by atoms with Crippen molar-refractivity contribution in [2.75, 3.05) is 17.8 Å². The van der Waals surface area contributed by atoms with Gasteiger partial charge in [-0.2, -0.15) is 0 Å². The second-order valence-corrected chi connectivity index (χ2v) is 4.61. The molecule has 6 N–H and O–H groups in total. The quantitative estimate of drug-likeness (QED) is 0.203. The smallest absolute Gasteiger partial charge is 0.150 e. The molecule has 0 spiro atoms. The van der Waals surface area contributed by atoms with E-state index in [9.17, 15) is 4.79 Å². The van der Waals surface area contributed by atoms with Crippen LogP contribution in [0.15, 0.2) is 59.0 Å². The van der Waals surface area contributed by atoms with Crippen LogP contribution in [0.25, 0.3) is 0 Å². The van der Waals surface area contributed by atoms with Crippen molar-refractivity contribution in [1.29, 1.82) is 0 Å². The van der Waals surface area contributed by atoms with E-state index in [-0.39, 0.29) is 0 Å². The van der Waals surface area contributed by atoms with Gasteiger partial charge in [-0.1, -0.05) is 12.1 Å². The summed E-state index contributed by atoms with van der Waals surface area (Å²) in [7, 11) is 0. The first kappa shape index (κ1) is 18.8. The van der Waals surface area contributed by atoms with Gasteiger partial charge in [0, 0.05) is 11.3 Å². The zero-order valence-electron chi connectivity index (χ0n) is 13.5. The first-order valence-electron chi connectivity index (χ1n) is 7.34. The molecule has 0 radical (unpaired) electrons. The molecule has 8 nitrogen and oxygen atoms in total. The van der Waals surface area contributed by atoms with Gasteiger partial charge in [0.2, 0.25) is 0 Å². The van der Waals surface area contributed by atoms with Gasteiger partial charge in [0.05, 0.1) is 12.3 Å². The molecule has 24 heavy (non-hydrogen) atoms.